The molecule has 6 rings (SSSR count). The van der Waals surface area contributed by atoms with Crippen molar-refractivity contribution in [1.29, 1.82) is 0 Å². The van der Waals surface area contributed by atoms with Crippen LogP contribution in [0.15, 0.2) is 109 Å². The quantitative estimate of drug-likeness (QED) is 0.144. The molecule has 0 radical (unpaired) electrons. The SMILES string of the molecule is C(=C(CCCCC1CCCCC1)C1CC1)c1nccn1C(c1ccccc1)(c1ccccc1)c1ccccc1. The van der Waals surface area contributed by atoms with Gasteiger partial charge in [-0.2, -0.15) is 0 Å². The Hall–Kier alpha value is -3.39. The van der Waals surface area contributed by atoms with Crippen LogP contribution in [0.3, 0.4) is 0 Å². The number of unbranched alkanes of at least 4 members (excludes halogenated alkanes) is 1. The molecule has 1 heterocycles. The van der Waals surface area contributed by atoms with Gasteiger partial charge in [-0.05, 0) is 60.3 Å². The van der Waals surface area contributed by atoms with Crippen LogP contribution in [0.2, 0.25) is 0 Å². The smallest absolute Gasteiger partial charge is 0.133 e. The molecule has 0 spiro atoms. The van der Waals surface area contributed by atoms with Gasteiger partial charge in [0.25, 0.3) is 0 Å². The van der Waals surface area contributed by atoms with E-state index in [1.165, 1.54) is 87.3 Å². The van der Waals surface area contributed by atoms with Gasteiger partial charge in [-0.3, -0.25) is 0 Å². The van der Waals surface area contributed by atoms with E-state index in [2.05, 4.69) is 108 Å². The average Bonchev–Trinajstić information content (AvgIpc) is 3.76. The Morgan fingerprint density at radius 1 is 0.718 bits per heavy atom. The fourth-order valence-electron chi connectivity index (χ4n) is 6.91. The summed E-state index contributed by atoms with van der Waals surface area (Å²) in [6.07, 6.45) is 21.9. The molecule has 0 unspecified atom stereocenters. The van der Waals surface area contributed by atoms with Crippen molar-refractivity contribution in [2.24, 2.45) is 11.8 Å². The highest BCUT2D eigenvalue weighted by molar-refractivity contribution is 5.55. The van der Waals surface area contributed by atoms with Gasteiger partial charge in [0.1, 0.15) is 11.4 Å². The Morgan fingerprint density at radius 2 is 1.28 bits per heavy atom. The molecule has 2 aliphatic carbocycles. The van der Waals surface area contributed by atoms with E-state index in [9.17, 15) is 0 Å². The first-order chi connectivity index (χ1) is 19.4. The van der Waals surface area contributed by atoms with Gasteiger partial charge in [-0.15, -0.1) is 0 Å². The molecule has 0 saturated heterocycles. The average molecular weight is 515 g/mol. The van der Waals surface area contributed by atoms with Crippen LogP contribution in [0.4, 0.5) is 0 Å². The molecule has 0 N–H and O–H groups in total. The van der Waals surface area contributed by atoms with Gasteiger partial charge in [-0.1, -0.05) is 142 Å². The molecule has 1 aromatic heterocycles. The fourth-order valence-corrected chi connectivity index (χ4v) is 6.91. The number of hydrogen-bond acceptors (Lipinski definition) is 1. The van der Waals surface area contributed by atoms with E-state index in [1.807, 2.05) is 6.20 Å². The Balaban J connectivity index is 1.38. The van der Waals surface area contributed by atoms with E-state index < -0.39 is 5.54 Å². The summed E-state index contributed by atoms with van der Waals surface area (Å²) in [5.41, 5.74) is 4.83. The first-order valence-electron chi connectivity index (χ1n) is 15.3. The van der Waals surface area contributed by atoms with E-state index >= 15 is 0 Å². The Labute approximate surface area is 234 Å². The highest BCUT2D eigenvalue weighted by Crippen LogP contribution is 2.44. The molecule has 2 fully saturated rings. The van der Waals surface area contributed by atoms with Crippen molar-refractivity contribution in [2.45, 2.75) is 76.2 Å². The molecule has 0 aliphatic heterocycles. The monoisotopic (exact) mass is 514 g/mol. The summed E-state index contributed by atoms with van der Waals surface area (Å²) in [6.45, 7) is 0. The summed E-state index contributed by atoms with van der Waals surface area (Å²) < 4.78 is 2.43. The molecular formula is C37H42N2. The molecule has 0 atom stereocenters. The summed E-state index contributed by atoms with van der Waals surface area (Å²) in [5, 5.41) is 0. The number of aromatic nitrogens is 2. The first kappa shape index (κ1) is 25.9. The van der Waals surface area contributed by atoms with E-state index in [-0.39, 0.29) is 0 Å². The van der Waals surface area contributed by atoms with Crippen LogP contribution >= 0.6 is 0 Å². The van der Waals surface area contributed by atoms with Crippen LogP contribution in [0.25, 0.3) is 6.08 Å². The summed E-state index contributed by atoms with van der Waals surface area (Å²) in [6, 6.07) is 32.9. The minimum Gasteiger partial charge on any atom is -0.313 e. The molecular weight excluding hydrogens is 472 g/mol. The van der Waals surface area contributed by atoms with Crippen molar-refractivity contribution in [3.05, 3.63) is 131 Å². The van der Waals surface area contributed by atoms with Crippen LogP contribution < -0.4 is 0 Å². The third kappa shape index (κ3) is 5.66. The zero-order valence-corrected chi connectivity index (χ0v) is 23.2. The molecule has 200 valence electrons. The second-order valence-corrected chi connectivity index (χ2v) is 11.7. The molecule has 2 nitrogen and oxygen atoms in total. The highest BCUT2D eigenvalue weighted by atomic mass is 15.1. The van der Waals surface area contributed by atoms with Crippen LogP contribution in [0, 0.1) is 11.8 Å². The number of hydrogen-bond donors (Lipinski definition) is 0. The Bertz CT molecular complexity index is 1230. The highest BCUT2D eigenvalue weighted by Gasteiger charge is 2.39. The largest absolute Gasteiger partial charge is 0.313 e. The fraction of sp³-hybridized carbons (Fsp3) is 0.378. The minimum absolute atomic E-state index is 0.512. The van der Waals surface area contributed by atoms with Crippen molar-refractivity contribution < 1.29 is 0 Å². The first-order valence-corrected chi connectivity index (χ1v) is 15.3. The van der Waals surface area contributed by atoms with Gasteiger partial charge >= 0.3 is 0 Å². The maximum Gasteiger partial charge on any atom is 0.133 e. The molecule has 2 aliphatic rings. The summed E-state index contributed by atoms with van der Waals surface area (Å²) >= 11 is 0. The predicted octanol–water partition coefficient (Wildman–Crippen LogP) is 9.66. The van der Waals surface area contributed by atoms with Crippen molar-refractivity contribution >= 4 is 6.08 Å². The van der Waals surface area contributed by atoms with Crippen molar-refractivity contribution in [3.8, 4) is 0 Å². The number of nitrogens with zero attached hydrogens (tertiary/aromatic N) is 2. The van der Waals surface area contributed by atoms with Crippen molar-refractivity contribution in [1.82, 2.24) is 9.55 Å². The summed E-state index contributed by atoms with van der Waals surface area (Å²) in [4.78, 5) is 5.00. The Kier molecular flexibility index (Phi) is 8.09. The third-order valence-corrected chi connectivity index (χ3v) is 9.07. The van der Waals surface area contributed by atoms with Crippen LogP contribution in [0.1, 0.15) is 93.1 Å². The topological polar surface area (TPSA) is 17.8 Å². The molecule has 2 saturated carbocycles. The summed E-state index contributed by atoms with van der Waals surface area (Å²) in [7, 11) is 0. The van der Waals surface area contributed by atoms with Gasteiger partial charge < -0.3 is 4.57 Å². The lowest BCUT2D eigenvalue weighted by molar-refractivity contribution is 0.329. The van der Waals surface area contributed by atoms with Crippen molar-refractivity contribution in [2.75, 3.05) is 0 Å². The van der Waals surface area contributed by atoms with Crippen LogP contribution in [-0.4, -0.2) is 9.55 Å². The zero-order chi connectivity index (χ0) is 26.3. The number of allylic oxidation sites excluding steroid dienone is 1. The van der Waals surface area contributed by atoms with Gasteiger partial charge in [-0.25, -0.2) is 4.98 Å². The Morgan fingerprint density at radius 3 is 1.82 bits per heavy atom. The van der Waals surface area contributed by atoms with Crippen LogP contribution in [-0.2, 0) is 5.54 Å². The standard InChI is InChI=1S/C37H42N2/c1-5-15-30(16-6-1)17-13-14-18-32(31-25-26-31)29-36-38-27-28-39(36)37(33-19-7-2-8-20-33,34-21-9-3-10-22-34)35-23-11-4-12-24-35/h2-4,7-12,19-24,27-31H,1,5-6,13-18,25-26H2. The number of imidazole rings is 1. The van der Waals surface area contributed by atoms with E-state index in [4.69, 9.17) is 4.98 Å². The lowest BCUT2D eigenvalue weighted by Crippen LogP contribution is -2.38. The van der Waals surface area contributed by atoms with E-state index in [0.717, 1.165) is 17.7 Å². The molecule has 39 heavy (non-hydrogen) atoms. The van der Waals surface area contributed by atoms with Gasteiger partial charge in [0.2, 0.25) is 0 Å². The van der Waals surface area contributed by atoms with Crippen molar-refractivity contribution in [3.63, 3.8) is 0 Å². The second kappa shape index (κ2) is 12.2. The zero-order valence-electron chi connectivity index (χ0n) is 23.2. The number of benzene rings is 3. The van der Waals surface area contributed by atoms with E-state index in [1.54, 1.807) is 5.57 Å². The minimum atomic E-state index is -0.512. The molecule has 3 aromatic carbocycles. The maximum absolute atomic E-state index is 5.00. The van der Waals surface area contributed by atoms with Crippen LogP contribution in [0.5, 0.6) is 0 Å². The van der Waals surface area contributed by atoms with Gasteiger partial charge in [0.05, 0.1) is 0 Å². The molecule has 4 aromatic rings. The van der Waals surface area contributed by atoms with Gasteiger partial charge in [0, 0.05) is 12.4 Å². The third-order valence-electron chi connectivity index (χ3n) is 9.07. The molecule has 2 heteroatoms. The second-order valence-electron chi connectivity index (χ2n) is 11.7. The maximum atomic E-state index is 5.00. The molecule has 0 bridgehead atoms. The predicted molar refractivity (Wildman–Crippen MR) is 163 cm³/mol. The lowest BCUT2D eigenvalue weighted by Gasteiger charge is -2.38. The van der Waals surface area contributed by atoms with E-state index in [0.29, 0.717) is 0 Å². The summed E-state index contributed by atoms with van der Waals surface area (Å²) in [5.74, 6) is 2.78. The van der Waals surface area contributed by atoms with Gasteiger partial charge in [0.15, 0.2) is 0 Å². The lowest BCUT2D eigenvalue weighted by atomic mass is 9.76. The molecule has 0 amide bonds. The normalized spacial score (nSPS) is 16.9. The number of rotatable bonds is 11.